The number of fused-ring (bicyclic) bond motifs is 6. The molecule has 0 aliphatic carbocycles. The summed E-state index contributed by atoms with van der Waals surface area (Å²) in [5.74, 6) is -0.0613. The summed E-state index contributed by atoms with van der Waals surface area (Å²) < 4.78 is 20.4. The average molecular weight is 456 g/mol. The van der Waals surface area contributed by atoms with Crippen molar-refractivity contribution in [3.05, 3.63) is 46.5 Å². The minimum Gasteiger partial charge on any atom is -0.389 e. The highest BCUT2D eigenvalue weighted by molar-refractivity contribution is 6.33. The van der Waals surface area contributed by atoms with Crippen molar-refractivity contribution < 1.29 is 14.2 Å². The van der Waals surface area contributed by atoms with Crippen molar-refractivity contribution in [2.45, 2.75) is 49.9 Å². The minimum absolute atomic E-state index is 0.219. The first kappa shape index (κ1) is 20.2. The monoisotopic (exact) mass is 455 g/mol. The van der Waals surface area contributed by atoms with E-state index in [-0.39, 0.29) is 18.7 Å². The lowest BCUT2D eigenvalue weighted by atomic mass is 9.91. The van der Waals surface area contributed by atoms with Gasteiger partial charge in [0.05, 0.1) is 35.7 Å². The molecule has 1 aromatic carbocycles. The van der Waals surface area contributed by atoms with Gasteiger partial charge >= 0.3 is 0 Å². The molecule has 32 heavy (non-hydrogen) atoms. The predicted molar refractivity (Wildman–Crippen MR) is 119 cm³/mol. The van der Waals surface area contributed by atoms with Crippen LogP contribution in [-0.2, 0) is 11.2 Å². The number of ether oxygens (including phenoxy) is 1. The van der Waals surface area contributed by atoms with E-state index in [4.69, 9.17) is 16.3 Å². The summed E-state index contributed by atoms with van der Waals surface area (Å²) in [5.41, 5.74) is 3.71. The van der Waals surface area contributed by atoms with Crippen molar-refractivity contribution in [1.29, 1.82) is 0 Å². The van der Waals surface area contributed by atoms with E-state index < -0.39 is 11.9 Å². The first-order valence-corrected chi connectivity index (χ1v) is 11.4. The van der Waals surface area contributed by atoms with Gasteiger partial charge in [-0.1, -0.05) is 11.6 Å². The molecule has 4 atom stereocenters. The molecule has 3 aliphatic rings. The molecule has 9 heteroatoms. The number of hydrogen-bond acceptors (Lipinski definition) is 7. The predicted octanol–water partition coefficient (Wildman–Crippen LogP) is 3.40. The van der Waals surface area contributed by atoms with E-state index in [1.54, 1.807) is 0 Å². The van der Waals surface area contributed by atoms with Crippen LogP contribution in [0.5, 0.6) is 0 Å². The third-order valence-electron chi connectivity index (χ3n) is 6.76. The van der Waals surface area contributed by atoms with E-state index in [1.165, 1.54) is 17.8 Å². The molecular weight excluding hydrogens is 433 g/mol. The highest BCUT2D eigenvalue weighted by Gasteiger charge is 2.34. The number of anilines is 1. The lowest BCUT2D eigenvalue weighted by molar-refractivity contribution is -0.0136. The molecule has 2 aromatic heterocycles. The van der Waals surface area contributed by atoms with Gasteiger partial charge in [-0.2, -0.15) is 0 Å². The number of nitrogens with one attached hydrogen (secondary N) is 2. The summed E-state index contributed by atoms with van der Waals surface area (Å²) in [6.45, 7) is 0.821. The molecule has 6 rings (SSSR count). The first-order valence-electron chi connectivity index (χ1n) is 11.0. The zero-order chi connectivity index (χ0) is 21.8. The first-order chi connectivity index (χ1) is 15.6. The molecule has 0 radical (unpaired) electrons. The second kappa shape index (κ2) is 7.88. The van der Waals surface area contributed by atoms with E-state index in [9.17, 15) is 5.11 Å². The van der Waals surface area contributed by atoms with Gasteiger partial charge in [0, 0.05) is 35.8 Å². The Balaban J connectivity index is 1.43. The molecule has 2 fully saturated rings. The molecule has 0 amide bonds. The van der Waals surface area contributed by atoms with Gasteiger partial charge in [0.1, 0.15) is 11.3 Å². The Morgan fingerprint density at radius 1 is 1.19 bits per heavy atom. The van der Waals surface area contributed by atoms with E-state index in [0.29, 0.717) is 46.8 Å². The standard InChI is InChI=1S/C23H23ClFN5O2/c24-15-9-27-23(29-17-3-4-32-10-19(17)31)30-21(15)11-6-14-20-12(5-13-1-2-18(20)28-13)8-26-22(14)16(25)7-11/h6-9,13,17-19,28,31H,1-5,10H2,(H,27,29,30)/t13?,17-,18?,19-/m1/s1. The van der Waals surface area contributed by atoms with Crippen LogP contribution in [0, 0.1) is 5.82 Å². The van der Waals surface area contributed by atoms with Crippen LogP contribution in [0.1, 0.15) is 36.4 Å². The molecule has 0 spiro atoms. The van der Waals surface area contributed by atoms with Crippen LogP contribution in [0.4, 0.5) is 10.3 Å². The van der Waals surface area contributed by atoms with Crippen LogP contribution in [-0.4, -0.2) is 51.5 Å². The SMILES string of the molecule is O[C@@H]1COCC[C@H]1Nc1ncc(Cl)c(-c2cc(F)c3ncc4c(c3c2)C2CCC(C4)N2)n1. The summed E-state index contributed by atoms with van der Waals surface area (Å²) in [7, 11) is 0. The molecule has 3 N–H and O–H groups in total. The maximum atomic E-state index is 15.2. The maximum absolute atomic E-state index is 15.2. The lowest BCUT2D eigenvalue weighted by Gasteiger charge is -2.28. The highest BCUT2D eigenvalue weighted by atomic mass is 35.5. The smallest absolute Gasteiger partial charge is 0.223 e. The van der Waals surface area contributed by atoms with Gasteiger partial charge in [0.15, 0.2) is 0 Å². The number of hydrogen-bond donors (Lipinski definition) is 3. The van der Waals surface area contributed by atoms with Gasteiger partial charge in [-0.25, -0.2) is 14.4 Å². The van der Waals surface area contributed by atoms with Gasteiger partial charge in [0.2, 0.25) is 5.95 Å². The number of rotatable bonds is 3. The van der Waals surface area contributed by atoms with Crippen molar-refractivity contribution in [1.82, 2.24) is 20.3 Å². The molecule has 5 heterocycles. The van der Waals surface area contributed by atoms with Crippen LogP contribution < -0.4 is 10.6 Å². The number of pyridine rings is 1. The Bertz CT molecular complexity index is 1210. The van der Waals surface area contributed by atoms with E-state index in [2.05, 4.69) is 25.6 Å². The zero-order valence-corrected chi connectivity index (χ0v) is 18.1. The van der Waals surface area contributed by atoms with Crippen LogP contribution in [0.15, 0.2) is 24.5 Å². The highest BCUT2D eigenvalue weighted by Crippen LogP contribution is 2.41. The molecule has 0 saturated carbocycles. The fraction of sp³-hybridized carbons (Fsp3) is 0.435. The van der Waals surface area contributed by atoms with Gasteiger partial charge in [0.25, 0.3) is 0 Å². The number of aliphatic hydroxyl groups is 1. The maximum Gasteiger partial charge on any atom is 0.223 e. The summed E-state index contributed by atoms with van der Waals surface area (Å²) in [5, 5.41) is 18.1. The largest absolute Gasteiger partial charge is 0.389 e. The van der Waals surface area contributed by atoms with Crippen LogP contribution >= 0.6 is 11.6 Å². The van der Waals surface area contributed by atoms with E-state index in [1.807, 2.05) is 12.3 Å². The Labute approximate surface area is 189 Å². The minimum atomic E-state index is -0.648. The third kappa shape index (κ3) is 3.42. The van der Waals surface area contributed by atoms with Crippen molar-refractivity contribution in [2.24, 2.45) is 0 Å². The van der Waals surface area contributed by atoms with Gasteiger partial charge < -0.3 is 20.5 Å². The number of aliphatic hydroxyl groups excluding tert-OH is 1. The lowest BCUT2D eigenvalue weighted by Crippen LogP contribution is -2.42. The molecule has 7 nitrogen and oxygen atoms in total. The fourth-order valence-electron chi connectivity index (χ4n) is 5.20. The topological polar surface area (TPSA) is 92.2 Å². The molecule has 166 valence electrons. The molecular formula is C23H23ClFN5O2. The van der Waals surface area contributed by atoms with Crippen LogP contribution in [0.25, 0.3) is 22.2 Å². The van der Waals surface area contributed by atoms with Crippen molar-refractivity contribution in [3.8, 4) is 11.3 Å². The summed E-state index contributed by atoms with van der Waals surface area (Å²) >= 11 is 6.44. The number of halogens is 2. The van der Waals surface area contributed by atoms with Crippen LogP contribution in [0.2, 0.25) is 5.02 Å². The Morgan fingerprint density at radius 2 is 2.09 bits per heavy atom. The number of benzene rings is 1. The Hall–Kier alpha value is -2.39. The summed E-state index contributed by atoms with van der Waals surface area (Å²) in [4.78, 5) is 13.3. The third-order valence-corrected chi connectivity index (χ3v) is 7.04. The normalized spacial score (nSPS) is 26.8. The molecule has 3 aliphatic heterocycles. The molecule has 2 bridgehead atoms. The van der Waals surface area contributed by atoms with E-state index >= 15 is 4.39 Å². The Morgan fingerprint density at radius 3 is 2.97 bits per heavy atom. The zero-order valence-electron chi connectivity index (χ0n) is 17.3. The van der Waals surface area contributed by atoms with E-state index in [0.717, 1.165) is 30.2 Å². The summed E-state index contributed by atoms with van der Waals surface area (Å²) in [6.07, 6.45) is 6.39. The fourth-order valence-corrected chi connectivity index (χ4v) is 5.40. The molecule has 3 aromatic rings. The van der Waals surface area contributed by atoms with Crippen molar-refractivity contribution in [2.75, 3.05) is 18.5 Å². The van der Waals surface area contributed by atoms with Crippen molar-refractivity contribution in [3.63, 3.8) is 0 Å². The second-order valence-corrected chi connectivity index (χ2v) is 9.23. The summed E-state index contributed by atoms with van der Waals surface area (Å²) in [6, 6.07) is 3.84. The number of aromatic nitrogens is 3. The average Bonchev–Trinajstić information content (AvgIpc) is 3.17. The van der Waals surface area contributed by atoms with Gasteiger partial charge in [-0.05, 0) is 48.9 Å². The Kier molecular flexibility index (Phi) is 4.98. The van der Waals surface area contributed by atoms with Crippen molar-refractivity contribution >= 4 is 28.5 Å². The molecule has 2 unspecified atom stereocenters. The molecule has 2 saturated heterocycles. The second-order valence-electron chi connectivity index (χ2n) is 8.82. The number of nitrogens with zero attached hydrogens (tertiary/aromatic N) is 3. The van der Waals surface area contributed by atoms with Gasteiger partial charge in [-0.15, -0.1) is 0 Å². The van der Waals surface area contributed by atoms with Gasteiger partial charge in [-0.3, -0.25) is 4.98 Å². The quantitative estimate of drug-likeness (QED) is 0.557. The van der Waals surface area contributed by atoms with Crippen LogP contribution in [0.3, 0.4) is 0 Å².